The Morgan fingerprint density at radius 1 is 1.08 bits per heavy atom. The van der Waals surface area contributed by atoms with Crippen LogP contribution < -0.4 is 10.1 Å². The molecule has 1 unspecified atom stereocenters. The van der Waals surface area contributed by atoms with E-state index in [1.54, 1.807) is 13.8 Å². The highest BCUT2D eigenvalue weighted by atomic mass is 19.4. The predicted molar refractivity (Wildman–Crippen MR) is 133 cm³/mol. The van der Waals surface area contributed by atoms with Gasteiger partial charge < -0.3 is 14.8 Å². The third-order valence-electron chi connectivity index (χ3n) is 6.58. The van der Waals surface area contributed by atoms with Crippen molar-refractivity contribution in [2.24, 2.45) is 0 Å². The van der Waals surface area contributed by atoms with Crippen LogP contribution in [0.3, 0.4) is 0 Å². The van der Waals surface area contributed by atoms with Gasteiger partial charge in [-0.3, -0.25) is 4.79 Å². The molecule has 200 valence electrons. The number of benzene rings is 3. The van der Waals surface area contributed by atoms with Gasteiger partial charge in [0.2, 0.25) is 0 Å². The minimum atomic E-state index is -4.70. The van der Waals surface area contributed by atoms with E-state index in [9.17, 15) is 31.5 Å². The summed E-state index contributed by atoms with van der Waals surface area (Å²) in [6.07, 6.45) is -2.17. The van der Waals surface area contributed by atoms with Crippen molar-refractivity contribution in [3.63, 3.8) is 0 Å². The maximum absolute atomic E-state index is 14.4. The Hall–Kier alpha value is -3.75. The average molecular weight is 532 g/mol. The van der Waals surface area contributed by atoms with Crippen molar-refractivity contribution in [2.75, 3.05) is 5.32 Å². The second kappa shape index (κ2) is 10.9. The van der Waals surface area contributed by atoms with E-state index in [1.807, 2.05) is 0 Å². The van der Waals surface area contributed by atoms with Crippen LogP contribution in [0.15, 0.2) is 48.5 Å². The molecule has 0 spiro atoms. The third kappa shape index (κ3) is 6.20. The van der Waals surface area contributed by atoms with Crippen LogP contribution in [0.5, 0.6) is 11.5 Å². The van der Waals surface area contributed by atoms with Crippen molar-refractivity contribution in [1.82, 2.24) is 0 Å². The Balaban J connectivity index is 1.74. The number of ether oxygens (including phenoxy) is 1. The number of hydrogen-bond donors (Lipinski definition) is 1. The van der Waals surface area contributed by atoms with Crippen molar-refractivity contribution >= 4 is 17.9 Å². The number of carbonyl (C=O) groups excluding carboxylic acids is 2. The number of amides is 1. The topological polar surface area (TPSA) is 55.4 Å². The smallest absolute Gasteiger partial charge is 0.416 e. The van der Waals surface area contributed by atoms with E-state index in [-0.39, 0.29) is 52.1 Å². The van der Waals surface area contributed by atoms with E-state index in [2.05, 4.69) is 5.32 Å². The summed E-state index contributed by atoms with van der Waals surface area (Å²) < 4.78 is 75.8. The van der Waals surface area contributed by atoms with Crippen LogP contribution in [0.25, 0.3) is 0 Å². The maximum Gasteiger partial charge on any atom is 0.416 e. The quantitative estimate of drug-likeness (QED) is 0.223. The molecule has 1 amide bonds. The van der Waals surface area contributed by atoms with Gasteiger partial charge in [0.1, 0.15) is 29.4 Å². The molecule has 3 aromatic carbocycles. The van der Waals surface area contributed by atoms with Crippen LogP contribution in [-0.2, 0) is 11.0 Å². The summed E-state index contributed by atoms with van der Waals surface area (Å²) in [5, 5.41) is 2.55. The van der Waals surface area contributed by atoms with Gasteiger partial charge in [0.05, 0.1) is 11.1 Å². The lowest BCUT2D eigenvalue weighted by Gasteiger charge is -2.19. The summed E-state index contributed by atoms with van der Waals surface area (Å²) in [5.41, 5.74) is -0.411. The Morgan fingerprint density at radius 3 is 2.45 bits per heavy atom. The number of aldehydes is 1. The summed E-state index contributed by atoms with van der Waals surface area (Å²) in [5.74, 6) is -2.45. The molecule has 9 heteroatoms. The molecular formula is C29H26F5NO3. The summed E-state index contributed by atoms with van der Waals surface area (Å²) in [6.45, 7) is 3.31. The molecule has 1 fully saturated rings. The van der Waals surface area contributed by atoms with Crippen LogP contribution in [0.2, 0.25) is 0 Å². The van der Waals surface area contributed by atoms with Crippen LogP contribution in [0, 0.1) is 18.6 Å². The zero-order valence-corrected chi connectivity index (χ0v) is 20.8. The fraction of sp³-hybridized carbons (Fsp3) is 0.310. The number of hydrogen-bond acceptors (Lipinski definition) is 3. The Morgan fingerprint density at radius 2 is 1.82 bits per heavy atom. The molecule has 0 radical (unpaired) electrons. The zero-order chi connectivity index (χ0) is 27.6. The van der Waals surface area contributed by atoms with E-state index >= 15 is 0 Å². The van der Waals surface area contributed by atoms with Gasteiger partial charge in [0.25, 0.3) is 5.91 Å². The number of alkyl halides is 3. The molecule has 0 heterocycles. The molecule has 4 rings (SSSR count). The maximum atomic E-state index is 14.4. The van der Waals surface area contributed by atoms with E-state index in [1.165, 1.54) is 30.3 Å². The van der Waals surface area contributed by atoms with Crippen molar-refractivity contribution in [3.05, 3.63) is 88.0 Å². The first kappa shape index (κ1) is 27.3. The lowest BCUT2D eigenvalue weighted by molar-refractivity contribution is -0.138. The summed E-state index contributed by atoms with van der Waals surface area (Å²) in [4.78, 5) is 24.0. The Bertz CT molecular complexity index is 1370. The van der Waals surface area contributed by atoms with Gasteiger partial charge in [-0.25, -0.2) is 8.78 Å². The van der Waals surface area contributed by atoms with Crippen LogP contribution in [0.4, 0.5) is 27.6 Å². The van der Waals surface area contributed by atoms with E-state index in [4.69, 9.17) is 4.74 Å². The van der Waals surface area contributed by atoms with Gasteiger partial charge in [-0.05, 0) is 103 Å². The van der Waals surface area contributed by atoms with Crippen molar-refractivity contribution in [3.8, 4) is 11.5 Å². The minimum absolute atomic E-state index is 0.0388. The molecule has 1 aliphatic carbocycles. The van der Waals surface area contributed by atoms with E-state index < -0.39 is 29.3 Å². The number of aryl methyl sites for hydroxylation is 1. The highest BCUT2D eigenvalue weighted by Gasteiger charge is 2.40. The Labute approximate surface area is 216 Å². The van der Waals surface area contributed by atoms with Crippen LogP contribution >= 0.6 is 0 Å². The summed E-state index contributed by atoms with van der Waals surface area (Å²) in [7, 11) is 0. The van der Waals surface area contributed by atoms with Gasteiger partial charge in [0, 0.05) is 12.1 Å². The molecule has 1 aliphatic rings. The average Bonchev–Trinajstić information content (AvgIpc) is 3.70. The summed E-state index contributed by atoms with van der Waals surface area (Å²) >= 11 is 0. The fourth-order valence-electron chi connectivity index (χ4n) is 4.35. The number of anilines is 1. The first-order valence-corrected chi connectivity index (χ1v) is 12.2. The highest BCUT2D eigenvalue weighted by molar-refractivity contribution is 6.06. The molecule has 0 bridgehead atoms. The van der Waals surface area contributed by atoms with Crippen LogP contribution in [-0.4, -0.2) is 12.2 Å². The molecule has 1 saturated carbocycles. The molecule has 0 saturated heterocycles. The van der Waals surface area contributed by atoms with Gasteiger partial charge in [0.15, 0.2) is 0 Å². The molecule has 38 heavy (non-hydrogen) atoms. The van der Waals surface area contributed by atoms with Crippen molar-refractivity contribution in [1.29, 1.82) is 0 Å². The first-order chi connectivity index (χ1) is 18.0. The van der Waals surface area contributed by atoms with Gasteiger partial charge >= 0.3 is 6.18 Å². The monoisotopic (exact) mass is 531 g/mol. The number of halogens is 5. The van der Waals surface area contributed by atoms with E-state index in [0.717, 1.165) is 24.5 Å². The molecule has 4 nitrogen and oxygen atoms in total. The molecular weight excluding hydrogens is 505 g/mol. The third-order valence-corrected chi connectivity index (χ3v) is 6.58. The lowest BCUT2D eigenvalue weighted by Crippen LogP contribution is -2.17. The number of rotatable bonds is 9. The molecule has 3 aromatic rings. The first-order valence-electron chi connectivity index (χ1n) is 12.2. The standard InChI is InChI=1S/C29H26F5NO3/c1-16(4-3-11-36)21-13-20(8-9-25(21)31)35-28(37)23-14-24(29(32,33)34)22(18-5-6-18)15-27(23)38-26-10-7-19(30)12-17(26)2/h7-16,18H,3-6H2,1-2H3,(H,35,37). The van der Waals surface area contributed by atoms with E-state index in [0.29, 0.717) is 24.8 Å². The number of nitrogens with one attached hydrogen (secondary N) is 1. The highest BCUT2D eigenvalue weighted by Crippen LogP contribution is 2.48. The molecule has 0 aromatic heterocycles. The van der Waals surface area contributed by atoms with Gasteiger partial charge in [-0.1, -0.05) is 6.92 Å². The fourth-order valence-corrected chi connectivity index (χ4v) is 4.35. The predicted octanol–water partition coefficient (Wildman–Crippen LogP) is 8.30. The molecule has 1 N–H and O–H groups in total. The molecule has 0 aliphatic heterocycles. The van der Waals surface area contributed by atoms with Crippen LogP contribution in [0.1, 0.15) is 77.1 Å². The van der Waals surface area contributed by atoms with Gasteiger partial charge in [-0.15, -0.1) is 0 Å². The Kier molecular flexibility index (Phi) is 7.85. The van der Waals surface area contributed by atoms with Crippen molar-refractivity contribution in [2.45, 2.75) is 57.5 Å². The zero-order valence-electron chi connectivity index (χ0n) is 20.8. The van der Waals surface area contributed by atoms with Gasteiger partial charge in [-0.2, -0.15) is 13.2 Å². The lowest BCUT2D eigenvalue weighted by atomic mass is 9.95. The second-order valence-electron chi connectivity index (χ2n) is 9.56. The largest absolute Gasteiger partial charge is 0.456 e. The number of carbonyl (C=O) groups is 2. The summed E-state index contributed by atoms with van der Waals surface area (Å²) in [6, 6.07) is 9.57. The SMILES string of the molecule is Cc1cc(F)ccc1Oc1cc(C2CC2)c(C(F)(F)F)cc1C(=O)Nc1ccc(F)c(C(C)CCC=O)c1. The minimum Gasteiger partial charge on any atom is -0.456 e. The van der Waals surface area contributed by atoms with Crippen molar-refractivity contribution < 1.29 is 36.3 Å². The normalized spacial score (nSPS) is 14.2. The molecule has 1 atom stereocenters. The second-order valence-corrected chi connectivity index (χ2v) is 9.56.